The molecular weight excluding hydrogens is 308 g/mol. The van der Waals surface area contributed by atoms with Crippen LogP contribution in [0.3, 0.4) is 0 Å². The molecule has 0 unspecified atom stereocenters. The summed E-state index contributed by atoms with van der Waals surface area (Å²) in [5.41, 5.74) is 0.731. The molecule has 0 N–H and O–H groups in total. The Labute approximate surface area is 138 Å². The first-order chi connectivity index (χ1) is 10.8. The van der Waals surface area contributed by atoms with Gasteiger partial charge in [0, 0.05) is 25.1 Å². The molecule has 3 heteroatoms. The Balaban J connectivity index is 1.83. The number of aldehydes is 1. The molecular formula is C19H14OS2. The molecule has 0 fully saturated rings. The minimum Gasteiger partial charge on any atom is -0.298 e. The summed E-state index contributed by atoms with van der Waals surface area (Å²) in [6.07, 6.45) is 0.931. The van der Waals surface area contributed by atoms with Gasteiger partial charge in [0.25, 0.3) is 0 Å². The number of hydrogen-bond acceptors (Lipinski definition) is 3. The molecule has 0 aliphatic heterocycles. The van der Waals surface area contributed by atoms with Gasteiger partial charge in [0.1, 0.15) is 0 Å². The van der Waals surface area contributed by atoms with Crippen molar-refractivity contribution < 1.29 is 4.79 Å². The van der Waals surface area contributed by atoms with Gasteiger partial charge in [0.05, 0.1) is 0 Å². The predicted molar refractivity (Wildman–Crippen MR) is 93.0 cm³/mol. The predicted octanol–water partition coefficient (Wildman–Crippen LogP) is 5.80. The minimum absolute atomic E-state index is 0.731. The Bertz CT molecular complexity index is 755. The van der Waals surface area contributed by atoms with Crippen molar-refractivity contribution >= 4 is 29.8 Å². The number of carbonyl (C=O) groups is 1. The average molecular weight is 322 g/mol. The molecule has 0 aromatic heterocycles. The fraction of sp³-hybridized carbons (Fsp3) is 0. The molecule has 3 aromatic rings. The first kappa shape index (κ1) is 14.9. The molecule has 0 saturated carbocycles. The van der Waals surface area contributed by atoms with Crippen molar-refractivity contribution in [3.8, 4) is 0 Å². The molecule has 108 valence electrons. The van der Waals surface area contributed by atoms with E-state index >= 15 is 0 Å². The van der Waals surface area contributed by atoms with E-state index in [4.69, 9.17) is 0 Å². The lowest BCUT2D eigenvalue weighted by molar-refractivity contribution is 0.112. The third kappa shape index (κ3) is 3.81. The number of benzene rings is 3. The van der Waals surface area contributed by atoms with Crippen LogP contribution < -0.4 is 0 Å². The van der Waals surface area contributed by atoms with Gasteiger partial charge in [0.2, 0.25) is 0 Å². The van der Waals surface area contributed by atoms with Crippen LogP contribution in [0.15, 0.2) is 98.4 Å². The highest BCUT2D eigenvalue weighted by molar-refractivity contribution is 7.99. The summed E-state index contributed by atoms with van der Waals surface area (Å²) in [6, 6.07) is 26.3. The largest absolute Gasteiger partial charge is 0.298 e. The third-order valence-electron chi connectivity index (χ3n) is 3.06. The van der Waals surface area contributed by atoms with E-state index in [0.717, 1.165) is 26.5 Å². The summed E-state index contributed by atoms with van der Waals surface area (Å²) >= 11 is 3.28. The number of rotatable bonds is 5. The summed E-state index contributed by atoms with van der Waals surface area (Å²) in [6.45, 7) is 0. The number of carbonyl (C=O) groups excluding carboxylic acids is 1. The Morgan fingerprint density at radius 3 is 1.82 bits per heavy atom. The zero-order valence-electron chi connectivity index (χ0n) is 11.8. The Hall–Kier alpha value is -1.97. The second-order valence-electron chi connectivity index (χ2n) is 4.65. The highest BCUT2D eigenvalue weighted by Gasteiger charge is 2.06. The van der Waals surface area contributed by atoms with Crippen molar-refractivity contribution in [3.05, 3.63) is 84.4 Å². The first-order valence-corrected chi connectivity index (χ1v) is 8.53. The Morgan fingerprint density at radius 2 is 1.23 bits per heavy atom. The molecule has 0 heterocycles. The van der Waals surface area contributed by atoms with E-state index in [2.05, 4.69) is 18.2 Å². The summed E-state index contributed by atoms with van der Waals surface area (Å²) in [5, 5.41) is 0. The molecule has 0 aliphatic carbocycles. The van der Waals surface area contributed by atoms with Gasteiger partial charge in [0.15, 0.2) is 6.29 Å². The first-order valence-electron chi connectivity index (χ1n) is 6.90. The van der Waals surface area contributed by atoms with Crippen molar-refractivity contribution in [2.75, 3.05) is 0 Å². The third-order valence-corrected chi connectivity index (χ3v) is 5.16. The van der Waals surface area contributed by atoms with Gasteiger partial charge in [-0.25, -0.2) is 0 Å². The highest BCUT2D eigenvalue weighted by atomic mass is 32.2. The smallest absolute Gasteiger partial charge is 0.151 e. The SMILES string of the molecule is O=Cc1cc(Sc2ccccc2)ccc1Sc1ccccc1. The lowest BCUT2D eigenvalue weighted by Gasteiger charge is -2.07. The second-order valence-corrected chi connectivity index (χ2v) is 6.91. The van der Waals surface area contributed by atoms with Crippen LogP contribution in [0, 0.1) is 0 Å². The van der Waals surface area contributed by atoms with Gasteiger partial charge < -0.3 is 0 Å². The lowest BCUT2D eigenvalue weighted by Crippen LogP contribution is -1.86. The molecule has 3 aromatic carbocycles. The summed E-state index contributed by atoms with van der Waals surface area (Å²) in [5.74, 6) is 0. The maximum absolute atomic E-state index is 11.4. The van der Waals surface area contributed by atoms with E-state index < -0.39 is 0 Å². The van der Waals surface area contributed by atoms with Gasteiger partial charge in [-0.15, -0.1) is 0 Å². The van der Waals surface area contributed by atoms with E-state index in [1.807, 2.05) is 60.7 Å². The highest BCUT2D eigenvalue weighted by Crippen LogP contribution is 2.34. The molecule has 22 heavy (non-hydrogen) atoms. The molecule has 0 radical (unpaired) electrons. The number of hydrogen-bond donors (Lipinski definition) is 0. The maximum Gasteiger partial charge on any atom is 0.151 e. The molecule has 0 atom stereocenters. The van der Waals surface area contributed by atoms with Gasteiger partial charge in [-0.05, 0) is 42.5 Å². The molecule has 0 bridgehead atoms. The van der Waals surface area contributed by atoms with Crippen LogP contribution >= 0.6 is 23.5 Å². The van der Waals surface area contributed by atoms with Crippen LogP contribution in [0.2, 0.25) is 0 Å². The monoisotopic (exact) mass is 322 g/mol. The molecule has 0 spiro atoms. The topological polar surface area (TPSA) is 17.1 Å². The van der Waals surface area contributed by atoms with Crippen molar-refractivity contribution in [1.29, 1.82) is 0 Å². The molecule has 0 saturated heterocycles. The van der Waals surface area contributed by atoms with Crippen molar-refractivity contribution in [3.63, 3.8) is 0 Å². The summed E-state index contributed by atoms with van der Waals surface area (Å²) in [4.78, 5) is 15.8. The quantitative estimate of drug-likeness (QED) is 0.552. The van der Waals surface area contributed by atoms with Gasteiger partial charge in [-0.1, -0.05) is 59.9 Å². The fourth-order valence-corrected chi connectivity index (χ4v) is 3.81. The zero-order valence-corrected chi connectivity index (χ0v) is 13.4. The van der Waals surface area contributed by atoms with Crippen LogP contribution in [-0.2, 0) is 0 Å². The van der Waals surface area contributed by atoms with E-state index in [0.29, 0.717) is 0 Å². The van der Waals surface area contributed by atoms with E-state index in [1.165, 1.54) is 4.90 Å². The molecule has 1 nitrogen and oxygen atoms in total. The Kier molecular flexibility index (Phi) is 4.99. The van der Waals surface area contributed by atoms with Crippen molar-refractivity contribution in [2.45, 2.75) is 19.6 Å². The molecule has 0 aliphatic rings. The van der Waals surface area contributed by atoms with E-state index in [1.54, 1.807) is 23.5 Å². The summed E-state index contributed by atoms with van der Waals surface area (Å²) in [7, 11) is 0. The molecule has 3 rings (SSSR count). The van der Waals surface area contributed by atoms with Crippen LogP contribution in [0.5, 0.6) is 0 Å². The Morgan fingerprint density at radius 1 is 0.636 bits per heavy atom. The van der Waals surface area contributed by atoms with Gasteiger partial charge in [-0.2, -0.15) is 0 Å². The normalized spacial score (nSPS) is 10.4. The molecule has 0 amide bonds. The van der Waals surface area contributed by atoms with Crippen LogP contribution in [0.1, 0.15) is 10.4 Å². The fourth-order valence-electron chi connectivity index (χ4n) is 2.02. The van der Waals surface area contributed by atoms with Crippen LogP contribution in [0.4, 0.5) is 0 Å². The second kappa shape index (κ2) is 7.34. The lowest BCUT2D eigenvalue weighted by atomic mass is 10.2. The van der Waals surface area contributed by atoms with E-state index in [9.17, 15) is 4.79 Å². The van der Waals surface area contributed by atoms with Gasteiger partial charge >= 0.3 is 0 Å². The van der Waals surface area contributed by atoms with Crippen molar-refractivity contribution in [1.82, 2.24) is 0 Å². The maximum atomic E-state index is 11.4. The van der Waals surface area contributed by atoms with Crippen LogP contribution in [-0.4, -0.2) is 6.29 Å². The average Bonchev–Trinajstić information content (AvgIpc) is 2.58. The zero-order chi connectivity index (χ0) is 15.2. The van der Waals surface area contributed by atoms with Crippen molar-refractivity contribution in [2.24, 2.45) is 0 Å². The van der Waals surface area contributed by atoms with E-state index in [-0.39, 0.29) is 0 Å². The minimum atomic E-state index is 0.731. The standard InChI is InChI=1S/C19H14OS2/c20-14-15-13-18(21-16-7-3-1-4-8-16)11-12-19(15)22-17-9-5-2-6-10-17/h1-14H. The summed E-state index contributed by atoms with van der Waals surface area (Å²) < 4.78 is 0. The van der Waals surface area contributed by atoms with Crippen LogP contribution in [0.25, 0.3) is 0 Å². The van der Waals surface area contributed by atoms with Gasteiger partial charge in [-0.3, -0.25) is 4.79 Å².